The largest absolute Gasteiger partial charge is 0.393 e. The number of hydrogen-bond acceptors (Lipinski definition) is 3. The number of thioether (sulfide) groups is 1. The van der Waals surface area contributed by atoms with Crippen LogP contribution >= 0.6 is 11.8 Å². The van der Waals surface area contributed by atoms with Gasteiger partial charge in [-0.15, -0.1) is 0 Å². The van der Waals surface area contributed by atoms with Crippen molar-refractivity contribution in [2.45, 2.75) is 31.4 Å². The highest BCUT2D eigenvalue weighted by atomic mass is 32.2. The van der Waals surface area contributed by atoms with Crippen molar-refractivity contribution in [1.82, 2.24) is 5.32 Å². The van der Waals surface area contributed by atoms with Crippen molar-refractivity contribution >= 4 is 11.8 Å². The molecule has 3 atom stereocenters. The Bertz CT molecular complexity index is 153. The first kappa shape index (κ1) is 8.85. The van der Waals surface area contributed by atoms with Crippen LogP contribution < -0.4 is 5.32 Å². The first-order valence-electron chi connectivity index (χ1n) is 4.87. The van der Waals surface area contributed by atoms with Crippen LogP contribution in [0, 0.1) is 5.92 Å². The summed E-state index contributed by atoms with van der Waals surface area (Å²) in [6, 6.07) is 0.601. The molecule has 2 aliphatic heterocycles. The van der Waals surface area contributed by atoms with Crippen molar-refractivity contribution in [3.8, 4) is 0 Å². The van der Waals surface area contributed by atoms with Crippen LogP contribution in [0.3, 0.4) is 0 Å². The van der Waals surface area contributed by atoms with Crippen LogP contribution in [-0.2, 0) is 0 Å². The predicted octanol–water partition coefficient (Wildman–Crippen LogP) is 0.852. The normalized spacial score (nSPS) is 43.2. The van der Waals surface area contributed by atoms with Crippen molar-refractivity contribution in [2.24, 2.45) is 5.92 Å². The third-order valence-corrected chi connectivity index (χ3v) is 4.12. The Morgan fingerprint density at radius 3 is 3.17 bits per heavy atom. The van der Waals surface area contributed by atoms with Gasteiger partial charge in [0.1, 0.15) is 0 Å². The van der Waals surface area contributed by atoms with Gasteiger partial charge in [0.15, 0.2) is 0 Å². The van der Waals surface area contributed by atoms with E-state index in [1.165, 1.54) is 12.2 Å². The highest BCUT2D eigenvalue weighted by Crippen LogP contribution is 2.29. The molecule has 2 heterocycles. The summed E-state index contributed by atoms with van der Waals surface area (Å²) in [5.74, 6) is 2.94. The Balaban J connectivity index is 2.01. The third-order valence-electron chi connectivity index (χ3n) is 2.98. The molecular formula is C9H17NOS. The molecule has 0 radical (unpaired) electrons. The fourth-order valence-electron chi connectivity index (χ4n) is 2.21. The summed E-state index contributed by atoms with van der Waals surface area (Å²) in [6.07, 6.45) is 3.33. The molecule has 2 fully saturated rings. The number of nitrogens with one attached hydrogen (secondary N) is 1. The lowest BCUT2D eigenvalue weighted by Crippen LogP contribution is -2.43. The van der Waals surface area contributed by atoms with E-state index in [1.54, 1.807) is 0 Å². The van der Waals surface area contributed by atoms with E-state index in [2.05, 4.69) is 5.32 Å². The topological polar surface area (TPSA) is 32.3 Å². The Labute approximate surface area is 78.1 Å². The highest BCUT2D eigenvalue weighted by molar-refractivity contribution is 7.99. The molecule has 2 rings (SSSR count). The summed E-state index contributed by atoms with van der Waals surface area (Å²) in [4.78, 5) is 0. The minimum Gasteiger partial charge on any atom is -0.393 e. The second kappa shape index (κ2) is 3.99. The van der Waals surface area contributed by atoms with Gasteiger partial charge in [-0.2, -0.15) is 11.8 Å². The molecule has 0 saturated carbocycles. The minimum absolute atomic E-state index is 0.0437. The second-order valence-electron chi connectivity index (χ2n) is 3.80. The lowest BCUT2D eigenvalue weighted by atomic mass is 9.92. The third kappa shape index (κ3) is 1.78. The molecule has 0 spiro atoms. The zero-order valence-corrected chi connectivity index (χ0v) is 8.15. The van der Waals surface area contributed by atoms with Gasteiger partial charge < -0.3 is 10.4 Å². The standard InChI is InChI=1S/C9H17NOS/c11-9-2-1-4-10-8-3-5-12-6-7(8)9/h7-11H,1-6H2. The van der Waals surface area contributed by atoms with Crippen molar-refractivity contribution in [1.29, 1.82) is 0 Å². The highest BCUT2D eigenvalue weighted by Gasteiger charge is 2.32. The van der Waals surface area contributed by atoms with Gasteiger partial charge in [-0.05, 0) is 31.6 Å². The number of hydrogen-bond donors (Lipinski definition) is 2. The molecule has 12 heavy (non-hydrogen) atoms. The summed E-state index contributed by atoms with van der Waals surface area (Å²) < 4.78 is 0. The van der Waals surface area contributed by atoms with Gasteiger partial charge >= 0.3 is 0 Å². The van der Waals surface area contributed by atoms with E-state index in [0.717, 1.165) is 25.1 Å². The van der Waals surface area contributed by atoms with Crippen LogP contribution in [0.2, 0.25) is 0 Å². The molecular weight excluding hydrogens is 170 g/mol. The summed E-state index contributed by atoms with van der Waals surface area (Å²) in [7, 11) is 0. The maximum absolute atomic E-state index is 9.83. The Morgan fingerprint density at radius 2 is 2.25 bits per heavy atom. The first-order valence-corrected chi connectivity index (χ1v) is 6.02. The molecule has 2 saturated heterocycles. The van der Waals surface area contributed by atoms with E-state index >= 15 is 0 Å². The fourth-order valence-corrected chi connectivity index (χ4v) is 3.52. The lowest BCUT2D eigenvalue weighted by Gasteiger charge is -2.32. The number of aliphatic hydroxyl groups excluding tert-OH is 1. The van der Waals surface area contributed by atoms with Crippen molar-refractivity contribution in [3.63, 3.8) is 0 Å². The Morgan fingerprint density at radius 1 is 1.33 bits per heavy atom. The van der Waals surface area contributed by atoms with E-state index in [-0.39, 0.29) is 6.10 Å². The summed E-state index contributed by atoms with van der Waals surface area (Å²) in [5, 5.41) is 13.4. The number of aliphatic hydroxyl groups is 1. The zero-order valence-electron chi connectivity index (χ0n) is 7.33. The van der Waals surface area contributed by atoms with Crippen LogP contribution in [-0.4, -0.2) is 35.3 Å². The first-order chi connectivity index (χ1) is 5.88. The second-order valence-corrected chi connectivity index (χ2v) is 4.95. The average molecular weight is 187 g/mol. The van der Waals surface area contributed by atoms with Crippen LogP contribution in [0.4, 0.5) is 0 Å². The minimum atomic E-state index is -0.0437. The molecule has 3 heteroatoms. The zero-order chi connectivity index (χ0) is 8.39. The van der Waals surface area contributed by atoms with Crippen molar-refractivity contribution < 1.29 is 5.11 Å². The van der Waals surface area contributed by atoms with Crippen LogP contribution in [0.1, 0.15) is 19.3 Å². The van der Waals surface area contributed by atoms with Gasteiger partial charge in [-0.1, -0.05) is 0 Å². The van der Waals surface area contributed by atoms with Gasteiger partial charge in [0.2, 0.25) is 0 Å². The molecule has 70 valence electrons. The molecule has 0 aromatic heterocycles. The van der Waals surface area contributed by atoms with Crippen LogP contribution in [0.25, 0.3) is 0 Å². The van der Waals surface area contributed by atoms with E-state index < -0.39 is 0 Å². The van der Waals surface area contributed by atoms with E-state index in [1.807, 2.05) is 11.8 Å². The van der Waals surface area contributed by atoms with Gasteiger partial charge in [0, 0.05) is 17.7 Å². The van der Waals surface area contributed by atoms with Gasteiger partial charge in [-0.25, -0.2) is 0 Å². The molecule has 0 amide bonds. The molecule has 0 aliphatic carbocycles. The van der Waals surface area contributed by atoms with E-state index in [9.17, 15) is 5.11 Å². The monoisotopic (exact) mass is 187 g/mol. The molecule has 2 N–H and O–H groups in total. The summed E-state index contributed by atoms with van der Waals surface area (Å²) in [5.41, 5.74) is 0. The molecule has 0 bridgehead atoms. The average Bonchev–Trinajstić information content (AvgIpc) is 2.29. The summed E-state index contributed by atoms with van der Waals surface area (Å²) >= 11 is 1.99. The predicted molar refractivity (Wildman–Crippen MR) is 52.5 cm³/mol. The molecule has 2 nitrogen and oxygen atoms in total. The lowest BCUT2D eigenvalue weighted by molar-refractivity contribution is 0.0976. The molecule has 0 aromatic carbocycles. The Hall–Kier alpha value is 0.270. The quantitative estimate of drug-likeness (QED) is 0.590. The SMILES string of the molecule is OC1CCCNC2CCSCC12. The van der Waals surface area contributed by atoms with Crippen LogP contribution in [0.5, 0.6) is 0 Å². The van der Waals surface area contributed by atoms with Crippen LogP contribution in [0.15, 0.2) is 0 Å². The van der Waals surface area contributed by atoms with Gasteiger partial charge in [-0.3, -0.25) is 0 Å². The number of fused-ring (bicyclic) bond motifs is 1. The Kier molecular flexibility index (Phi) is 2.94. The number of rotatable bonds is 0. The molecule has 3 unspecified atom stereocenters. The van der Waals surface area contributed by atoms with Gasteiger partial charge in [0.05, 0.1) is 6.10 Å². The van der Waals surface area contributed by atoms with Crippen molar-refractivity contribution in [3.05, 3.63) is 0 Å². The fraction of sp³-hybridized carbons (Fsp3) is 1.00. The maximum Gasteiger partial charge on any atom is 0.0591 e. The maximum atomic E-state index is 9.83. The summed E-state index contributed by atoms with van der Waals surface area (Å²) in [6.45, 7) is 1.10. The van der Waals surface area contributed by atoms with Gasteiger partial charge in [0.25, 0.3) is 0 Å². The van der Waals surface area contributed by atoms with E-state index in [4.69, 9.17) is 0 Å². The molecule has 0 aromatic rings. The molecule has 2 aliphatic rings. The van der Waals surface area contributed by atoms with Crippen molar-refractivity contribution in [2.75, 3.05) is 18.1 Å². The van der Waals surface area contributed by atoms with E-state index in [0.29, 0.717) is 12.0 Å². The smallest absolute Gasteiger partial charge is 0.0591 e.